The molecule has 1 aliphatic rings. The normalized spacial score (nSPS) is 20.3. The summed E-state index contributed by atoms with van der Waals surface area (Å²) >= 11 is 17.5. The van der Waals surface area contributed by atoms with E-state index in [1.165, 1.54) is 18.2 Å². The summed E-state index contributed by atoms with van der Waals surface area (Å²) in [5.41, 5.74) is -1.23. The van der Waals surface area contributed by atoms with Crippen molar-refractivity contribution in [3.63, 3.8) is 0 Å². The third kappa shape index (κ3) is 3.46. The lowest BCUT2D eigenvalue weighted by molar-refractivity contribution is -0.275. The van der Waals surface area contributed by atoms with Gasteiger partial charge in [-0.05, 0) is 29.3 Å². The molecular weight excluding hydrogens is 398 g/mol. The molecule has 0 aliphatic carbocycles. The highest BCUT2D eigenvalue weighted by atomic mass is 35.5. The highest BCUT2D eigenvalue weighted by molar-refractivity contribution is 6.34. The fourth-order valence-electron chi connectivity index (χ4n) is 2.63. The monoisotopic (exact) mass is 407 g/mol. The number of benzene rings is 2. The highest BCUT2D eigenvalue weighted by Gasteiger charge is 2.62. The van der Waals surface area contributed by atoms with Crippen LogP contribution in [-0.4, -0.2) is 11.9 Å². The Morgan fingerprint density at radius 2 is 1.64 bits per heavy atom. The molecule has 1 heterocycles. The molecule has 0 amide bonds. The molecule has 132 valence electrons. The van der Waals surface area contributed by atoms with E-state index in [1.807, 2.05) is 0 Å². The SMILES string of the molecule is FC(F)(F)C1(c2cc(Cl)cc(Cl)c2)CC(c2ccc(CCl)cc2)=NO1. The Bertz CT molecular complexity index is 801. The Labute approximate surface area is 157 Å². The maximum atomic E-state index is 13.9. The van der Waals surface area contributed by atoms with Crippen molar-refractivity contribution < 1.29 is 18.0 Å². The van der Waals surface area contributed by atoms with Gasteiger partial charge in [0.05, 0.1) is 5.71 Å². The summed E-state index contributed by atoms with van der Waals surface area (Å²) in [7, 11) is 0. The molecule has 0 spiro atoms. The largest absolute Gasteiger partial charge is 0.435 e. The van der Waals surface area contributed by atoms with E-state index < -0.39 is 18.2 Å². The number of nitrogens with zero attached hydrogens (tertiary/aromatic N) is 1. The Morgan fingerprint density at radius 1 is 1.04 bits per heavy atom. The van der Waals surface area contributed by atoms with E-state index in [9.17, 15) is 13.2 Å². The van der Waals surface area contributed by atoms with Gasteiger partial charge in [0.1, 0.15) is 0 Å². The summed E-state index contributed by atoms with van der Waals surface area (Å²) in [6, 6.07) is 10.5. The quantitative estimate of drug-likeness (QED) is 0.545. The van der Waals surface area contributed by atoms with Crippen molar-refractivity contribution in [2.24, 2.45) is 5.16 Å². The van der Waals surface area contributed by atoms with Gasteiger partial charge in [-0.3, -0.25) is 0 Å². The van der Waals surface area contributed by atoms with Crippen LogP contribution in [0.25, 0.3) is 0 Å². The predicted molar refractivity (Wildman–Crippen MR) is 92.4 cm³/mol. The van der Waals surface area contributed by atoms with Crippen LogP contribution in [0.2, 0.25) is 10.0 Å². The van der Waals surface area contributed by atoms with E-state index in [0.717, 1.165) is 5.56 Å². The molecule has 0 aromatic heterocycles. The van der Waals surface area contributed by atoms with Gasteiger partial charge in [-0.15, -0.1) is 11.6 Å². The summed E-state index contributed by atoms with van der Waals surface area (Å²) in [6.45, 7) is 0. The molecule has 0 saturated carbocycles. The summed E-state index contributed by atoms with van der Waals surface area (Å²) in [5, 5.41) is 3.88. The standard InChI is InChI=1S/C17H11Cl3F3NO/c18-9-10-1-3-11(4-2-10)15-8-16(25-24-15,17(21,22)23)12-5-13(19)7-14(20)6-12/h1-7H,8-9H2. The Balaban J connectivity index is 2.00. The van der Waals surface area contributed by atoms with Crippen molar-refractivity contribution in [3.8, 4) is 0 Å². The number of oxime groups is 1. The minimum atomic E-state index is -4.71. The van der Waals surface area contributed by atoms with Gasteiger partial charge in [-0.2, -0.15) is 13.2 Å². The van der Waals surface area contributed by atoms with Crippen molar-refractivity contribution in [1.29, 1.82) is 0 Å². The minimum Gasteiger partial charge on any atom is -0.374 e. The first-order valence-corrected chi connectivity index (χ1v) is 8.48. The molecule has 0 fully saturated rings. The predicted octanol–water partition coefficient (Wildman–Crippen LogP) is 6.31. The average Bonchev–Trinajstić information content (AvgIpc) is 3.00. The Kier molecular flexibility index (Phi) is 4.93. The Morgan fingerprint density at radius 3 is 2.16 bits per heavy atom. The van der Waals surface area contributed by atoms with Crippen molar-refractivity contribution in [2.45, 2.75) is 24.1 Å². The molecule has 1 unspecified atom stereocenters. The molecule has 1 atom stereocenters. The molecule has 2 aromatic carbocycles. The van der Waals surface area contributed by atoms with Crippen LogP contribution in [0.5, 0.6) is 0 Å². The maximum absolute atomic E-state index is 13.9. The van der Waals surface area contributed by atoms with Crippen molar-refractivity contribution in [3.05, 3.63) is 69.2 Å². The molecule has 0 N–H and O–H groups in total. The van der Waals surface area contributed by atoms with Gasteiger partial charge in [0.15, 0.2) is 0 Å². The van der Waals surface area contributed by atoms with Crippen LogP contribution in [0.4, 0.5) is 13.2 Å². The molecule has 2 aromatic rings. The zero-order valence-electron chi connectivity index (χ0n) is 12.6. The van der Waals surface area contributed by atoms with Crippen LogP contribution >= 0.6 is 34.8 Å². The average molecular weight is 409 g/mol. The van der Waals surface area contributed by atoms with Crippen LogP contribution in [0.15, 0.2) is 47.6 Å². The van der Waals surface area contributed by atoms with Crippen molar-refractivity contribution in [2.75, 3.05) is 0 Å². The number of halogens is 6. The number of rotatable bonds is 3. The molecular formula is C17H11Cl3F3NO. The number of alkyl halides is 4. The van der Waals surface area contributed by atoms with Crippen molar-refractivity contribution in [1.82, 2.24) is 0 Å². The molecule has 0 bridgehead atoms. The topological polar surface area (TPSA) is 21.6 Å². The van der Waals surface area contributed by atoms with Gasteiger partial charge in [0.2, 0.25) is 0 Å². The molecule has 2 nitrogen and oxygen atoms in total. The van der Waals surface area contributed by atoms with E-state index >= 15 is 0 Å². The van der Waals surface area contributed by atoms with Crippen LogP contribution in [0.1, 0.15) is 23.1 Å². The smallest absolute Gasteiger partial charge is 0.374 e. The fourth-order valence-corrected chi connectivity index (χ4v) is 3.34. The van der Waals surface area contributed by atoms with E-state index in [-0.39, 0.29) is 21.3 Å². The highest BCUT2D eigenvalue weighted by Crippen LogP contribution is 2.49. The fraction of sp³-hybridized carbons (Fsp3) is 0.235. The van der Waals surface area contributed by atoms with Gasteiger partial charge in [0.25, 0.3) is 5.60 Å². The second-order valence-electron chi connectivity index (χ2n) is 5.62. The summed E-state index contributed by atoms with van der Waals surface area (Å²) < 4.78 is 41.6. The second kappa shape index (κ2) is 6.71. The Hall–Kier alpha value is -1.43. The molecule has 0 radical (unpaired) electrons. The third-order valence-corrected chi connectivity index (χ3v) is 4.70. The summed E-state index contributed by atoms with van der Waals surface area (Å²) in [5.74, 6) is 0.316. The lowest BCUT2D eigenvalue weighted by Gasteiger charge is -2.29. The second-order valence-corrected chi connectivity index (χ2v) is 6.76. The zero-order valence-corrected chi connectivity index (χ0v) is 14.8. The van der Waals surface area contributed by atoms with Gasteiger partial charge >= 0.3 is 6.18 Å². The van der Waals surface area contributed by atoms with Gasteiger partial charge < -0.3 is 4.84 Å². The molecule has 8 heteroatoms. The molecule has 0 saturated heterocycles. The first-order chi connectivity index (χ1) is 11.7. The third-order valence-electron chi connectivity index (χ3n) is 3.96. The summed E-state index contributed by atoms with van der Waals surface area (Å²) in [4.78, 5) is 4.94. The molecule has 1 aliphatic heterocycles. The van der Waals surface area contributed by atoms with Crippen LogP contribution < -0.4 is 0 Å². The number of hydrogen-bond acceptors (Lipinski definition) is 2. The lowest BCUT2D eigenvalue weighted by atomic mass is 9.86. The van der Waals surface area contributed by atoms with Gasteiger partial charge in [0, 0.05) is 27.9 Å². The first kappa shape index (κ1) is 18.4. The molecule has 3 rings (SSSR count). The molecule has 25 heavy (non-hydrogen) atoms. The zero-order chi connectivity index (χ0) is 18.2. The van der Waals surface area contributed by atoms with E-state index in [4.69, 9.17) is 39.6 Å². The van der Waals surface area contributed by atoms with Gasteiger partial charge in [-0.25, -0.2) is 0 Å². The van der Waals surface area contributed by atoms with Crippen LogP contribution in [0, 0.1) is 0 Å². The lowest BCUT2D eigenvalue weighted by Crippen LogP contribution is -2.42. The first-order valence-electron chi connectivity index (χ1n) is 7.19. The van der Waals surface area contributed by atoms with E-state index in [2.05, 4.69) is 5.16 Å². The van der Waals surface area contributed by atoms with E-state index in [0.29, 0.717) is 11.4 Å². The van der Waals surface area contributed by atoms with Crippen molar-refractivity contribution >= 4 is 40.5 Å². The maximum Gasteiger partial charge on any atom is 0.435 e. The minimum absolute atomic E-state index is 0.0923. The number of hydrogen-bond donors (Lipinski definition) is 0. The van der Waals surface area contributed by atoms with Gasteiger partial charge in [-0.1, -0.05) is 52.6 Å². The van der Waals surface area contributed by atoms with Crippen LogP contribution in [-0.2, 0) is 16.3 Å². The van der Waals surface area contributed by atoms with E-state index in [1.54, 1.807) is 24.3 Å². The van der Waals surface area contributed by atoms with Crippen LogP contribution in [0.3, 0.4) is 0 Å². The summed E-state index contributed by atoms with van der Waals surface area (Å²) in [6.07, 6.45) is -5.18.